The molecule has 0 aliphatic carbocycles. The summed E-state index contributed by atoms with van der Waals surface area (Å²) in [6.45, 7) is 7.94. The molecule has 1 aromatic rings. The lowest BCUT2D eigenvalue weighted by Crippen LogP contribution is -2.30. The normalized spacial score (nSPS) is 13.6. The SMILES string of the molecule is Cc1cccc(CC(Br)C(=O)C(C)(C)C)c1. The second-order valence-corrected chi connectivity index (χ2v) is 6.38. The van der Waals surface area contributed by atoms with E-state index in [2.05, 4.69) is 41.1 Å². The highest BCUT2D eigenvalue weighted by Gasteiger charge is 2.27. The summed E-state index contributed by atoms with van der Waals surface area (Å²) in [4.78, 5) is 11.9. The Morgan fingerprint density at radius 1 is 1.38 bits per heavy atom. The molecule has 0 heterocycles. The molecule has 0 bridgehead atoms. The number of carbonyl (C=O) groups excluding carboxylic acids is 1. The van der Waals surface area contributed by atoms with Crippen molar-refractivity contribution in [2.45, 2.75) is 38.9 Å². The molecule has 0 aliphatic rings. The Kier molecular flexibility index (Phi) is 4.31. The first-order chi connectivity index (χ1) is 7.30. The van der Waals surface area contributed by atoms with Crippen molar-refractivity contribution in [1.29, 1.82) is 0 Å². The summed E-state index contributed by atoms with van der Waals surface area (Å²) in [5.74, 6) is 0.258. The summed E-state index contributed by atoms with van der Waals surface area (Å²) < 4.78 is 0. The van der Waals surface area contributed by atoms with Gasteiger partial charge in [0.25, 0.3) is 0 Å². The van der Waals surface area contributed by atoms with Gasteiger partial charge in [0.1, 0.15) is 0 Å². The van der Waals surface area contributed by atoms with E-state index in [1.165, 1.54) is 11.1 Å². The molecule has 0 aliphatic heterocycles. The van der Waals surface area contributed by atoms with Gasteiger partial charge in [0.2, 0.25) is 0 Å². The van der Waals surface area contributed by atoms with Gasteiger partial charge in [-0.2, -0.15) is 0 Å². The van der Waals surface area contributed by atoms with Crippen LogP contribution in [0.3, 0.4) is 0 Å². The predicted octanol–water partition coefficient (Wildman–Crippen LogP) is 3.92. The molecule has 0 N–H and O–H groups in total. The third-order valence-electron chi connectivity index (χ3n) is 2.52. The summed E-state index contributed by atoms with van der Waals surface area (Å²) in [6.07, 6.45) is 0.762. The van der Waals surface area contributed by atoms with Crippen LogP contribution < -0.4 is 0 Å². The third kappa shape index (κ3) is 3.75. The van der Waals surface area contributed by atoms with Gasteiger partial charge in [0.05, 0.1) is 4.83 Å². The Bertz CT molecular complexity index is 377. The summed E-state index contributed by atoms with van der Waals surface area (Å²) in [5.41, 5.74) is 2.16. The fraction of sp³-hybridized carbons (Fsp3) is 0.500. The van der Waals surface area contributed by atoms with Gasteiger partial charge in [-0.1, -0.05) is 66.5 Å². The molecule has 0 amide bonds. The van der Waals surface area contributed by atoms with Gasteiger partial charge in [-0.25, -0.2) is 0 Å². The molecule has 1 unspecified atom stereocenters. The molecule has 88 valence electrons. The van der Waals surface area contributed by atoms with Crippen molar-refractivity contribution in [3.63, 3.8) is 0 Å². The Balaban J connectivity index is 2.72. The fourth-order valence-electron chi connectivity index (χ4n) is 1.61. The van der Waals surface area contributed by atoms with Gasteiger partial charge < -0.3 is 0 Å². The molecule has 0 saturated carbocycles. The predicted molar refractivity (Wildman–Crippen MR) is 72.1 cm³/mol. The monoisotopic (exact) mass is 282 g/mol. The zero-order valence-electron chi connectivity index (χ0n) is 10.4. The zero-order valence-corrected chi connectivity index (χ0v) is 12.0. The Morgan fingerprint density at radius 3 is 2.50 bits per heavy atom. The van der Waals surface area contributed by atoms with Crippen molar-refractivity contribution >= 4 is 21.7 Å². The van der Waals surface area contributed by atoms with Gasteiger partial charge >= 0.3 is 0 Å². The molecule has 0 saturated heterocycles. The Labute approximate surface area is 106 Å². The standard InChI is InChI=1S/C14H19BrO/c1-10-6-5-7-11(8-10)9-12(15)13(16)14(2,3)4/h5-8,12H,9H2,1-4H3. The molecule has 0 radical (unpaired) electrons. The minimum absolute atomic E-state index is 0.0886. The number of halogens is 1. The first-order valence-corrected chi connectivity index (χ1v) is 6.46. The smallest absolute Gasteiger partial charge is 0.152 e. The van der Waals surface area contributed by atoms with E-state index in [1.54, 1.807) is 0 Å². The maximum atomic E-state index is 12.0. The van der Waals surface area contributed by atoms with E-state index in [0.29, 0.717) is 0 Å². The summed E-state index contributed by atoms with van der Waals surface area (Å²) in [5, 5.41) is 0. The van der Waals surface area contributed by atoms with E-state index in [0.717, 1.165) is 6.42 Å². The van der Waals surface area contributed by atoms with Gasteiger partial charge in [-0.15, -0.1) is 0 Å². The number of Topliss-reactive ketones (excluding diaryl/α,β-unsaturated/α-hetero) is 1. The molecule has 0 fully saturated rings. The molecule has 1 rings (SSSR count). The van der Waals surface area contributed by atoms with Gasteiger partial charge in [-0.05, 0) is 18.9 Å². The zero-order chi connectivity index (χ0) is 12.3. The second kappa shape index (κ2) is 5.13. The van der Waals surface area contributed by atoms with Crippen molar-refractivity contribution in [1.82, 2.24) is 0 Å². The maximum Gasteiger partial charge on any atom is 0.152 e. The molecule has 1 atom stereocenters. The first-order valence-electron chi connectivity index (χ1n) is 5.54. The highest BCUT2D eigenvalue weighted by molar-refractivity contribution is 9.10. The van der Waals surface area contributed by atoms with Crippen LogP contribution in [0.15, 0.2) is 24.3 Å². The largest absolute Gasteiger partial charge is 0.298 e. The average molecular weight is 283 g/mol. The molecule has 16 heavy (non-hydrogen) atoms. The minimum Gasteiger partial charge on any atom is -0.298 e. The quantitative estimate of drug-likeness (QED) is 0.768. The van der Waals surface area contributed by atoms with Crippen molar-refractivity contribution < 1.29 is 4.79 Å². The van der Waals surface area contributed by atoms with Crippen molar-refractivity contribution in [2.24, 2.45) is 5.41 Å². The summed E-state index contributed by atoms with van der Waals surface area (Å²) >= 11 is 3.49. The Hall–Kier alpha value is -0.630. The number of carbonyl (C=O) groups is 1. The molecule has 0 aromatic heterocycles. The van der Waals surface area contributed by atoms with E-state index in [-0.39, 0.29) is 16.0 Å². The van der Waals surface area contributed by atoms with E-state index in [4.69, 9.17) is 0 Å². The lowest BCUT2D eigenvalue weighted by Gasteiger charge is -2.20. The van der Waals surface area contributed by atoms with Crippen LogP contribution in [0.25, 0.3) is 0 Å². The number of rotatable bonds is 3. The van der Waals surface area contributed by atoms with Crippen LogP contribution in [0, 0.1) is 12.3 Å². The van der Waals surface area contributed by atoms with Crippen LogP contribution in [0.2, 0.25) is 0 Å². The van der Waals surface area contributed by atoms with Crippen LogP contribution in [0.1, 0.15) is 31.9 Å². The van der Waals surface area contributed by atoms with Crippen LogP contribution >= 0.6 is 15.9 Å². The van der Waals surface area contributed by atoms with Crippen LogP contribution in [0.5, 0.6) is 0 Å². The average Bonchev–Trinajstić information content (AvgIpc) is 2.15. The number of hydrogen-bond acceptors (Lipinski definition) is 1. The highest BCUT2D eigenvalue weighted by atomic mass is 79.9. The molecular weight excluding hydrogens is 264 g/mol. The van der Waals surface area contributed by atoms with Gasteiger partial charge in [0, 0.05) is 5.41 Å². The van der Waals surface area contributed by atoms with E-state index < -0.39 is 0 Å². The van der Waals surface area contributed by atoms with Crippen molar-refractivity contribution in [2.75, 3.05) is 0 Å². The third-order valence-corrected chi connectivity index (χ3v) is 3.26. The highest BCUT2D eigenvalue weighted by Crippen LogP contribution is 2.23. The van der Waals surface area contributed by atoms with E-state index in [9.17, 15) is 4.79 Å². The molecule has 2 heteroatoms. The van der Waals surface area contributed by atoms with Crippen molar-refractivity contribution in [3.8, 4) is 0 Å². The fourth-order valence-corrected chi connectivity index (χ4v) is 2.67. The van der Waals surface area contributed by atoms with E-state index >= 15 is 0 Å². The Morgan fingerprint density at radius 2 is 2.00 bits per heavy atom. The van der Waals surface area contributed by atoms with Crippen LogP contribution in [-0.4, -0.2) is 10.6 Å². The molecule has 1 nitrogen and oxygen atoms in total. The van der Waals surface area contributed by atoms with Crippen LogP contribution in [0.4, 0.5) is 0 Å². The lowest BCUT2D eigenvalue weighted by atomic mass is 9.87. The van der Waals surface area contributed by atoms with Gasteiger partial charge in [-0.3, -0.25) is 4.79 Å². The van der Waals surface area contributed by atoms with Crippen LogP contribution in [-0.2, 0) is 11.2 Å². The minimum atomic E-state index is -0.280. The summed E-state index contributed by atoms with van der Waals surface area (Å²) in [7, 11) is 0. The molecule has 0 spiro atoms. The summed E-state index contributed by atoms with van der Waals surface area (Å²) in [6, 6.07) is 8.30. The molecular formula is C14H19BrO. The number of hydrogen-bond donors (Lipinski definition) is 0. The molecule has 1 aromatic carbocycles. The lowest BCUT2D eigenvalue weighted by molar-refractivity contribution is -0.125. The number of benzene rings is 1. The number of ketones is 1. The first kappa shape index (κ1) is 13.4. The van der Waals surface area contributed by atoms with Gasteiger partial charge in [0.15, 0.2) is 5.78 Å². The second-order valence-electron chi connectivity index (χ2n) is 5.27. The topological polar surface area (TPSA) is 17.1 Å². The van der Waals surface area contributed by atoms with E-state index in [1.807, 2.05) is 26.8 Å². The van der Waals surface area contributed by atoms with Crippen molar-refractivity contribution in [3.05, 3.63) is 35.4 Å². The maximum absolute atomic E-state index is 12.0. The number of aryl methyl sites for hydroxylation is 1. The number of alkyl halides is 1.